The molecule has 7 rings (SSSR count). The molecule has 5 aromatic rings. The molecule has 0 saturated carbocycles. The normalized spacial score (nSPS) is 16.8. The SMILES string of the molecule is C=CC(=O)N1CC2(CCN(c3cnc4c5ccccc5c5ccc6cnn(C)c6c5c4c3C#N)C2)C1. The van der Waals surface area contributed by atoms with Crippen molar-refractivity contribution < 1.29 is 4.79 Å². The predicted octanol–water partition coefficient (Wildman–Crippen LogP) is 4.52. The summed E-state index contributed by atoms with van der Waals surface area (Å²) in [7, 11) is 1.95. The molecule has 0 radical (unpaired) electrons. The van der Waals surface area contributed by atoms with Crippen LogP contribution >= 0.6 is 0 Å². The van der Waals surface area contributed by atoms with Crippen LogP contribution in [-0.4, -0.2) is 51.8 Å². The van der Waals surface area contributed by atoms with Crippen molar-refractivity contribution in [3.8, 4) is 6.07 Å². The first-order valence-electron chi connectivity index (χ1n) is 12.2. The van der Waals surface area contributed by atoms with Gasteiger partial charge in [0.25, 0.3) is 0 Å². The van der Waals surface area contributed by atoms with Crippen molar-refractivity contribution >= 4 is 54.9 Å². The number of nitrogens with zero attached hydrogens (tertiary/aromatic N) is 6. The molecule has 2 fully saturated rings. The van der Waals surface area contributed by atoms with E-state index >= 15 is 0 Å². The Kier molecular flexibility index (Phi) is 4.23. The molecule has 0 aliphatic carbocycles. The van der Waals surface area contributed by atoms with Crippen LogP contribution < -0.4 is 4.90 Å². The molecule has 2 aliphatic rings. The molecule has 1 spiro atoms. The van der Waals surface area contributed by atoms with Crippen LogP contribution in [0.4, 0.5) is 5.69 Å². The number of rotatable bonds is 2. The summed E-state index contributed by atoms with van der Waals surface area (Å²) >= 11 is 0. The van der Waals surface area contributed by atoms with E-state index in [0.29, 0.717) is 5.56 Å². The monoisotopic (exact) mass is 472 g/mol. The molecule has 2 aromatic heterocycles. The zero-order valence-electron chi connectivity index (χ0n) is 20.0. The van der Waals surface area contributed by atoms with Gasteiger partial charge in [-0.25, -0.2) is 0 Å². The molecule has 176 valence electrons. The highest BCUT2D eigenvalue weighted by Crippen LogP contribution is 2.45. The minimum absolute atomic E-state index is 0.0114. The van der Waals surface area contributed by atoms with Gasteiger partial charge in [0.2, 0.25) is 5.91 Å². The number of fused-ring (bicyclic) bond motifs is 8. The van der Waals surface area contributed by atoms with Gasteiger partial charge in [-0.3, -0.25) is 14.5 Å². The minimum atomic E-state index is -0.0114. The second-order valence-corrected chi connectivity index (χ2v) is 10.2. The Hall–Kier alpha value is -4.44. The van der Waals surface area contributed by atoms with E-state index in [0.717, 1.165) is 81.6 Å². The Bertz CT molecular complexity index is 1800. The third-order valence-electron chi connectivity index (χ3n) is 8.11. The lowest BCUT2D eigenvalue weighted by Crippen LogP contribution is -2.59. The summed E-state index contributed by atoms with van der Waals surface area (Å²) in [5.41, 5.74) is 3.44. The number of carbonyl (C=O) groups is 1. The van der Waals surface area contributed by atoms with Gasteiger partial charge >= 0.3 is 0 Å². The molecular formula is C29H24N6O. The molecule has 7 nitrogen and oxygen atoms in total. The lowest BCUT2D eigenvalue weighted by atomic mass is 9.79. The number of anilines is 1. The quantitative estimate of drug-likeness (QED) is 0.279. The van der Waals surface area contributed by atoms with Gasteiger partial charge in [-0.15, -0.1) is 0 Å². The topological polar surface area (TPSA) is 78.1 Å². The number of carbonyl (C=O) groups excluding carboxylic acids is 1. The Morgan fingerprint density at radius 1 is 1.08 bits per heavy atom. The maximum absolute atomic E-state index is 12.0. The number of nitriles is 1. The van der Waals surface area contributed by atoms with E-state index < -0.39 is 0 Å². The molecule has 0 N–H and O–H groups in total. The second kappa shape index (κ2) is 7.28. The van der Waals surface area contributed by atoms with Crippen LogP contribution in [0, 0.1) is 16.7 Å². The summed E-state index contributed by atoms with van der Waals surface area (Å²) in [6.45, 7) is 6.73. The lowest BCUT2D eigenvalue weighted by Gasteiger charge is -2.47. The number of pyridine rings is 1. The average molecular weight is 473 g/mol. The van der Waals surface area contributed by atoms with E-state index in [1.165, 1.54) is 6.08 Å². The van der Waals surface area contributed by atoms with Crippen LogP contribution in [0.5, 0.6) is 0 Å². The van der Waals surface area contributed by atoms with Gasteiger partial charge in [-0.1, -0.05) is 43.0 Å². The Morgan fingerprint density at radius 2 is 1.89 bits per heavy atom. The first-order chi connectivity index (χ1) is 17.5. The van der Waals surface area contributed by atoms with E-state index in [9.17, 15) is 10.1 Å². The Morgan fingerprint density at radius 3 is 2.67 bits per heavy atom. The second-order valence-electron chi connectivity index (χ2n) is 10.2. The molecule has 0 unspecified atom stereocenters. The molecule has 2 saturated heterocycles. The smallest absolute Gasteiger partial charge is 0.245 e. The summed E-state index contributed by atoms with van der Waals surface area (Å²) in [6.07, 6.45) is 6.11. The largest absolute Gasteiger partial charge is 0.368 e. The number of amides is 1. The van der Waals surface area contributed by atoms with E-state index in [1.807, 2.05) is 41.2 Å². The fourth-order valence-electron chi connectivity index (χ4n) is 6.42. The number of aryl methyl sites for hydroxylation is 1. The number of benzene rings is 3. The fraction of sp³-hybridized carbons (Fsp3) is 0.241. The van der Waals surface area contributed by atoms with Crippen LogP contribution in [-0.2, 0) is 11.8 Å². The number of aromatic nitrogens is 3. The molecule has 0 atom stereocenters. The van der Waals surface area contributed by atoms with Crippen molar-refractivity contribution in [1.29, 1.82) is 5.26 Å². The van der Waals surface area contributed by atoms with Gasteiger partial charge in [0.05, 0.1) is 34.7 Å². The van der Waals surface area contributed by atoms with Crippen molar-refractivity contribution in [3.05, 3.63) is 67.0 Å². The van der Waals surface area contributed by atoms with Gasteiger partial charge < -0.3 is 9.80 Å². The van der Waals surface area contributed by atoms with E-state index in [4.69, 9.17) is 4.98 Å². The highest BCUT2D eigenvalue weighted by atomic mass is 16.2. The first kappa shape index (κ1) is 20.9. The summed E-state index contributed by atoms with van der Waals surface area (Å²) in [4.78, 5) is 21.1. The zero-order valence-corrected chi connectivity index (χ0v) is 20.0. The molecule has 0 bridgehead atoms. The Labute approximate surface area is 207 Å². The van der Waals surface area contributed by atoms with Crippen molar-refractivity contribution in [2.24, 2.45) is 12.5 Å². The number of hydrogen-bond donors (Lipinski definition) is 0. The highest BCUT2D eigenvalue weighted by molar-refractivity contribution is 6.31. The average Bonchev–Trinajstić information content (AvgIpc) is 3.51. The van der Waals surface area contributed by atoms with Gasteiger partial charge in [-0.05, 0) is 23.3 Å². The number of likely N-dealkylation sites (tertiary alicyclic amines) is 1. The van der Waals surface area contributed by atoms with Crippen molar-refractivity contribution in [2.45, 2.75) is 6.42 Å². The number of hydrogen-bond acceptors (Lipinski definition) is 5. The van der Waals surface area contributed by atoms with E-state index in [1.54, 1.807) is 0 Å². The zero-order chi connectivity index (χ0) is 24.6. The summed E-state index contributed by atoms with van der Waals surface area (Å²) in [5.74, 6) is -0.0114. The van der Waals surface area contributed by atoms with Crippen molar-refractivity contribution in [2.75, 3.05) is 31.1 Å². The molecule has 4 heterocycles. The van der Waals surface area contributed by atoms with Gasteiger partial charge in [0.1, 0.15) is 6.07 Å². The minimum Gasteiger partial charge on any atom is -0.368 e. The molecular weight excluding hydrogens is 448 g/mol. The van der Waals surface area contributed by atoms with Crippen LogP contribution in [0.2, 0.25) is 0 Å². The highest BCUT2D eigenvalue weighted by Gasteiger charge is 2.49. The van der Waals surface area contributed by atoms with Gasteiger partial charge in [-0.2, -0.15) is 10.4 Å². The summed E-state index contributed by atoms with van der Waals surface area (Å²) in [6, 6.07) is 15.1. The maximum atomic E-state index is 12.0. The third-order valence-corrected chi connectivity index (χ3v) is 8.11. The molecule has 36 heavy (non-hydrogen) atoms. The molecule has 3 aromatic carbocycles. The first-order valence-corrected chi connectivity index (χ1v) is 12.2. The Balaban J connectivity index is 1.47. The molecule has 7 heteroatoms. The van der Waals surface area contributed by atoms with Crippen LogP contribution in [0.15, 0.2) is 61.4 Å². The maximum Gasteiger partial charge on any atom is 0.245 e. The van der Waals surface area contributed by atoms with Crippen molar-refractivity contribution in [1.82, 2.24) is 19.7 Å². The van der Waals surface area contributed by atoms with Crippen LogP contribution in [0.1, 0.15) is 12.0 Å². The van der Waals surface area contributed by atoms with Crippen molar-refractivity contribution in [3.63, 3.8) is 0 Å². The molecule has 1 amide bonds. The van der Waals surface area contributed by atoms with Gasteiger partial charge in [0.15, 0.2) is 0 Å². The lowest BCUT2D eigenvalue weighted by molar-refractivity contribution is -0.136. The van der Waals surface area contributed by atoms with E-state index in [2.05, 4.69) is 46.9 Å². The standard InChI is InChI=1S/C29H24N6O/c1-3-24(36)35-16-29(17-35)10-11-34(15-29)23-14-31-27-21-7-5-4-6-19(21)20-9-8-18-13-32-33(2)28(18)26(20)25(27)22(23)12-30/h3-9,13-14H,1,10-11,15-17H2,2H3. The summed E-state index contributed by atoms with van der Waals surface area (Å²) in [5, 5.41) is 21.3. The predicted molar refractivity (Wildman–Crippen MR) is 142 cm³/mol. The van der Waals surface area contributed by atoms with Crippen LogP contribution in [0.25, 0.3) is 43.4 Å². The third kappa shape index (κ3) is 2.70. The van der Waals surface area contributed by atoms with Gasteiger partial charge in [0, 0.05) is 60.2 Å². The fourth-order valence-corrected chi connectivity index (χ4v) is 6.42. The van der Waals surface area contributed by atoms with E-state index in [-0.39, 0.29) is 11.3 Å². The summed E-state index contributed by atoms with van der Waals surface area (Å²) < 4.78 is 1.89. The van der Waals surface area contributed by atoms with Crippen LogP contribution in [0.3, 0.4) is 0 Å². The molecule has 2 aliphatic heterocycles.